The van der Waals surface area contributed by atoms with Crippen molar-refractivity contribution in [1.29, 1.82) is 10.5 Å². The van der Waals surface area contributed by atoms with Gasteiger partial charge in [0, 0.05) is 18.8 Å². The molecule has 0 saturated heterocycles. The molecule has 30 heavy (non-hydrogen) atoms. The van der Waals surface area contributed by atoms with Crippen LogP contribution in [0.15, 0.2) is 10.9 Å². The van der Waals surface area contributed by atoms with E-state index in [0.29, 0.717) is 18.1 Å². The number of unbranched alkanes of at least 4 members (excludes halogenated alkanes) is 2. The third kappa shape index (κ3) is 5.69. The minimum atomic E-state index is -0.512. The summed E-state index contributed by atoms with van der Waals surface area (Å²) in [5, 5.41) is 18.3. The van der Waals surface area contributed by atoms with Crippen molar-refractivity contribution in [1.82, 2.24) is 9.55 Å². The SMILES string of the molecule is CCCCCc1nc(OC2CCC(C#N)CC2)cc(=O)n1CC(=O)CC1(C#N)CC1. The van der Waals surface area contributed by atoms with Gasteiger partial charge < -0.3 is 4.74 Å². The Morgan fingerprint density at radius 1 is 1.27 bits per heavy atom. The monoisotopic (exact) mass is 410 g/mol. The van der Waals surface area contributed by atoms with Crippen LogP contribution >= 0.6 is 0 Å². The molecular weight excluding hydrogens is 380 g/mol. The van der Waals surface area contributed by atoms with E-state index in [9.17, 15) is 14.9 Å². The van der Waals surface area contributed by atoms with Crippen molar-refractivity contribution < 1.29 is 9.53 Å². The third-order valence-electron chi connectivity index (χ3n) is 6.17. The van der Waals surface area contributed by atoms with Crippen molar-refractivity contribution in [3.05, 3.63) is 22.2 Å². The average Bonchev–Trinajstić information content (AvgIpc) is 3.51. The zero-order chi connectivity index (χ0) is 21.6. The second-order valence-corrected chi connectivity index (χ2v) is 8.72. The van der Waals surface area contributed by atoms with Crippen molar-refractivity contribution in [2.75, 3.05) is 0 Å². The number of nitrogens with zero attached hydrogens (tertiary/aromatic N) is 4. The van der Waals surface area contributed by atoms with Crippen LogP contribution in [0.4, 0.5) is 0 Å². The summed E-state index contributed by atoms with van der Waals surface area (Å²) in [5.74, 6) is 0.876. The summed E-state index contributed by atoms with van der Waals surface area (Å²) in [7, 11) is 0. The van der Waals surface area contributed by atoms with Gasteiger partial charge in [-0.1, -0.05) is 19.8 Å². The fraction of sp³-hybridized carbons (Fsp3) is 0.696. The predicted octanol–water partition coefficient (Wildman–Crippen LogP) is 3.70. The van der Waals surface area contributed by atoms with Crippen LogP contribution in [0.3, 0.4) is 0 Å². The van der Waals surface area contributed by atoms with Crippen LogP contribution in [0.1, 0.15) is 77.0 Å². The quantitative estimate of drug-likeness (QED) is 0.544. The summed E-state index contributed by atoms with van der Waals surface area (Å²) in [5.41, 5.74) is -0.797. The van der Waals surface area contributed by atoms with E-state index in [1.165, 1.54) is 10.6 Å². The van der Waals surface area contributed by atoms with Gasteiger partial charge in [-0.2, -0.15) is 15.5 Å². The normalized spacial score (nSPS) is 22.0. The topological polar surface area (TPSA) is 109 Å². The first-order valence-corrected chi connectivity index (χ1v) is 11.1. The molecular formula is C23H30N4O3. The molecule has 3 rings (SSSR count). The van der Waals surface area contributed by atoms with Gasteiger partial charge in [-0.3, -0.25) is 14.2 Å². The van der Waals surface area contributed by atoms with Crippen LogP contribution in [0.25, 0.3) is 0 Å². The summed E-state index contributed by atoms with van der Waals surface area (Å²) in [4.78, 5) is 29.9. The van der Waals surface area contributed by atoms with Gasteiger partial charge in [0.15, 0.2) is 5.78 Å². The van der Waals surface area contributed by atoms with Crippen LogP contribution in [-0.2, 0) is 17.8 Å². The Morgan fingerprint density at radius 2 is 2.00 bits per heavy atom. The highest BCUT2D eigenvalue weighted by molar-refractivity contribution is 5.79. The molecule has 0 aromatic carbocycles. The molecule has 2 aliphatic carbocycles. The molecule has 2 aliphatic rings. The fourth-order valence-corrected chi connectivity index (χ4v) is 4.05. The molecule has 0 N–H and O–H groups in total. The first-order valence-electron chi connectivity index (χ1n) is 11.1. The number of nitriles is 2. The highest BCUT2D eigenvalue weighted by atomic mass is 16.5. The Morgan fingerprint density at radius 3 is 2.60 bits per heavy atom. The Kier molecular flexibility index (Phi) is 7.26. The van der Waals surface area contributed by atoms with Crippen LogP contribution in [0, 0.1) is 34.0 Å². The number of ether oxygens (including phenoxy) is 1. The molecule has 0 unspecified atom stereocenters. The van der Waals surface area contributed by atoms with E-state index in [1.54, 1.807) is 0 Å². The highest BCUT2D eigenvalue weighted by Gasteiger charge is 2.44. The molecule has 1 aromatic rings. The lowest BCUT2D eigenvalue weighted by molar-refractivity contribution is -0.120. The van der Waals surface area contributed by atoms with Crippen LogP contribution < -0.4 is 10.3 Å². The number of Topliss-reactive ketones (excluding diaryl/α,β-unsaturated/α-hetero) is 1. The van der Waals surface area contributed by atoms with Crippen molar-refractivity contribution >= 4 is 5.78 Å². The molecule has 0 bridgehead atoms. The highest BCUT2D eigenvalue weighted by Crippen LogP contribution is 2.48. The van der Waals surface area contributed by atoms with E-state index in [0.717, 1.165) is 57.8 Å². The predicted molar refractivity (Wildman–Crippen MR) is 111 cm³/mol. The lowest BCUT2D eigenvalue weighted by atomic mass is 9.88. The largest absolute Gasteiger partial charge is 0.474 e. The zero-order valence-corrected chi connectivity index (χ0v) is 17.7. The minimum absolute atomic E-state index is 0.0344. The van der Waals surface area contributed by atoms with Gasteiger partial charge in [-0.15, -0.1) is 0 Å². The van der Waals surface area contributed by atoms with Gasteiger partial charge in [-0.25, -0.2) is 0 Å². The fourth-order valence-electron chi connectivity index (χ4n) is 4.05. The van der Waals surface area contributed by atoms with E-state index in [2.05, 4.69) is 24.0 Å². The number of hydrogen-bond acceptors (Lipinski definition) is 6. The van der Waals surface area contributed by atoms with Crippen molar-refractivity contribution in [2.45, 2.75) is 90.2 Å². The molecule has 2 fully saturated rings. The molecule has 1 aromatic heterocycles. The lowest BCUT2D eigenvalue weighted by Gasteiger charge is -2.25. The summed E-state index contributed by atoms with van der Waals surface area (Å²) >= 11 is 0. The van der Waals surface area contributed by atoms with Crippen LogP contribution in [0.5, 0.6) is 5.88 Å². The molecule has 7 heteroatoms. The summed E-state index contributed by atoms with van der Waals surface area (Å²) in [6, 6.07) is 5.91. The number of rotatable bonds is 10. The lowest BCUT2D eigenvalue weighted by Crippen LogP contribution is -2.30. The third-order valence-corrected chi connectivity index (χ3v) is 6.17. The maximum absolute atomic E-state index is 12.8. The number of carbonyl (C=O) groups is 1. The number of hydrogen-bond donors (Lipinski definition) is 0. The molecule has 160 valence electrons. The van der Waals surface area contributed by atoms with Crippen LogP contribution in [0.2, 0.25) is 0 Å². The Labute approximate surface area is 177 Å². The van der Waals surface area contributed by atoms with Gasteiger partial charge >= 0.3 is 0 Å². The Bertz CT molecular complexity index is 896. The Hall–Kier alpha value is -2.67. The molecule has 7 nitrogen and oxygen atoms in total. The second kappa shape index (κ2) is 9.89. The second-order valence-electron chi connectivity index (χ2n) is 8.72. The van der Waals surface area contributed by atoms with E-state index in [1.807, 2.05) is 0 Å². The standard InChI is InChI=1S/C23H30N4O3/c1-2-3-4-5-20-26-21(30-19-8-6-17(14-24)7-9-19)12-22(29)27(20)15-18(28)13-23(16-25)10-11-23/h12,17,19H,2-11,13,15H2,1H3. The van der Waals surface area contributed by atoms with E-state index in [4.69, 9.17) is 10.00 Å². The first-order chi connectivity index (χ1) is 14.5. The van der Waals surface area contributed by atoms with Crippen molar-refractivity contribution in [2.24, 2.45) is 11.3 Å². The zero-order valence-electron chi connectivity index (χ0n) is 17.7. The van der Waals surface area contributed by atoms with Gasteiger partial charge in [0.2, 0.25) is 5.88 Å². The molecule has 0 amide bonds. The summed E-state index contributed by atoms with van der Waals surface area (Å²) in [6.07, 6.45) is 8.40. The molecule has 0 spiro atoms. The smallest absolute Gasteiger partial charge is 0.257 e. The molecule has 1 heterocycles. The number of aromatic nitrogens is 2. The molecule has 0 atom stereocenters. The van der Waals surface area contributed by atoms with E-state index < -0.39 is 5.41 Å². The average molecular weight is 411 g/mol. The molecule has 0 radical (unpaired) electrons. The molecule has 2 saturated carbocycles. The molecule has 0 aliphatic heterocycles. The van der Waals surface area contributed by atoms with Crippen LogP contribution in [-0.4, -0.2) is 21.4 Å². The first kappa shape index (κ1) is 22.0. The maximum atomic E-state index is 12.8. The maximum Gasteiger partial charge on any atom is 0.257 e. The minimum Gasteiger partial charge on any atom is -0.474 e. The Balaban J connectivity index is 1.73. The van der Waals surface area contributed by atoms with Gasteiger partial charge in [0.25, 0.3) is 5.56 Å². The van der Waals surface area contributed by atoms with Gasteiger partial charge in [0.1, 0.15) is 11.9 Å². The van der Waals surface area contributed by atoms with E-state index in [-0.39, 0.29) is 36.3 Å². The van der Waals surface area contributed by atoms with E-state index >= 15 is 0 Å². The number of ketones is 1. The van der Waals surface area contributed by atoms with Crippen molar-refractivity contribution in [3.8, 4) is 18.0 Å². The number of carbonyl (C=O) groups excluding carboxylic acids is 1. The summed E-state index contributed by atoms with van der Waals surface area (Å²) < 4.78 is 7.43. The van der Waals surface area contributed by atoms with Gasteiger partial charge in [-0.05, 0) is 44.9 Å². The number of aryl methyl sites for hydroxylation is 1. The van der Waals surface area contributed by atoms with Gasteiger partial charge in [0.05, 0.1) is 30.2 Å². The van der Waals surface area contributed by atoms with Crippen molar-refractivity contribution in [3.63, 3.8) is 0 Å². The summed E-state index contributed by atoms with van der Waals surface area (Å²) in [6.45, 7) is 2.07.